The molecule has 2 aliphatic rings. The molecule has 1 unspecified atom stereocenters. The number of carbonyl (C=O) groups excluding carboxylic acids is 1. The van der Waals surface area contributed by atoms with Crippen molar-refractivity contribution in [2.45, 2.75) is 26.0 Å². The average Bonchev–Trinajstić information content (AvgIpc) is 2.71. The van der Waals surface area contributed by atoms with Crippen molar-refractivity contribution < 1.29 is 19.0 Å². The number of hydrogen-bond acceptors (Lipinski definition) is 5. The summed E-state index contributed by atoms with van der Waals surface area (Å²) in [5, 5.41) is 2.85. The lowest BCUT2D eigenvalue weighted by molar-refractivity contribution is -0.117. The summed E-state index contributed by atoms with van der Waals surface area (Å²) in [5.74, 6) is 2.34. The van der Waals surface area contributed by atoms with Crippen LogP contribution in [0.2, 0.25) is 0 Å². The summed E-state index contributed by atoms with van der Waals surface area (Å²) in [6.07, 6.45) is 1.16. The monoisotopic (exact) mass is 378 g/mol. The SMILES string of the molecule is COc1cccc(C2=NC3Oc4ccc(C(C)C)cc4C=C3C(=O)N2)c1OC. The first-order valence-electron chi connectivity index (χ1n) is 9.14. The minimum Gasteiger partial charge on any atom is -0.493 e. The Hall–Kier alpha value is -3.28. The predicted octanol–water partition coefficient (Wildman–Crippen LogP) is 3.51. The second-order valence-electron chi connectivity index (χ2n) is 6.99. The van der Waals surface area contributed by atoms with Gasteiger partial charge >= 0.3 is 0 Å². The number of nitrogens with zero attached hydrogens (tertiary/aromatic N) is 1. The van der Waals surface area contributed by atoms with Gasteiger partial charge in [-0.15, -0.1) is 0 Å². The van der Waals surface area contributed by atoms with E-state index in [-0.39, 0.29) is 5.91 Å². The van der Waals surface area contributed by atoms with Crippen molar-refractivity contribution in [3.05, 3.63) is 58.7 Å². The molecule has 2 heterocycles. The van der Waals surface area contributed by atoms with Crippen molar-refractivity contribution in [1.82, 2.24) is 5.32 Å². The molecule has 6 nitrogen and oxygen atoms in total. The maximum absolute atomic E-state index is 12.8. The predicted molar refractivity (Wildman–Crippen MR) is 107 cm³/mol. The van der Waals surface area contributed by atoms with Gasteiger partial charge in [0.25, 0.3) is 5.91 Å². The molecular formula is C22H22N2O4. The van der Waals surface area contributed by atoms with Crippen LogP contribution in [0.25, 0.3) is 6.08 Å². The number of amidine groups is 1. The fraction of sp³-hybridized carbons (Fsp3) is 0.273. The van der Waals surface area contributed by atoms with Gasteiger partial charge < -0.3 is 19.5 Å². The molecule has 0 aliphatic carbocycles. The summed E-state index contributed by atoms with van der Waals surface area (Å²) in [4.78, 5) is 17.4. The minimum atomic E-state index is -0.697. The lowest BCUT2D eigenvalue weighted by Crippen LogP contribution is -2.43. The van der Waals surface area contributed by atoms with E-state index in [1.807, 2.05) is 30.3 Å². The molecule has 0 saturated carbocycles. The van der Waals surface area contributed by atoms with Crippen molar-refractivity contribution in [3.63, 3.8) is 0 Å². The van der Waals surface area contributed by atoms with E-state index >= 15 is 0 Å². The Balaban J connectivity index is 1.75. The van der Waals surface area contributed by atoms with Crippen LogP contribution in [0.3, 0.4) is 0 Å². The zero-order chi connectivity index (χ0) is 19.8. The van der Waals surface area contributed by atoms with Gasteiger partial charge in [0.15, 0.2) is 11.5 Å². The molecule has 0 saturated heterocycles. The molecule has 2 aromatic carbocycles. The number of nitrogens with one attached hydrogen (secondary N) is 1. The Kier molecular flexibility index (Phi) is 4.55. The molecule has 2 aliphatic heterocycles. The summed E-state index contributed by atoms with van der Waals surface area (Å²) >= 11 is 0. The summed E-state index contributed by atoms with van der Waals surface area (Å²) in [5.41, 5.74) is 3.21. The van der Waals surface area contributed by atoms with E-state index in [4.69, 9.17) is 14.2 Å². The first-order chi connectivity index (χ1) is 13.5. The number of amides is 1. The van der Waals surface area contributed by atoms with Crippen LogP contribution in [-0.4, -0.2) is 32.2 Å². The van der Waals surface area contributed by atoms with E-state index in [1.165, 1.54) is 5.56 Å². The van der Waals surface area contributed by atoms with Crippen molar-refractivity contribution in [3.8, 4) is 17.2 Å². The van der Waals surface area contributed by atoms with Gasteiger partial charge in [-0.25, -0.2) is 4.99 Å². The zero-order valence-electron chi connectivity index (χ0n) is 16.3. The van der Waals surface area contributed by atoms with Gasteiger partial charge in [0.1, 0.15) is 11.6 Å². The highest BCUT2D eigenvalue weighted by Crippen LogP contribution is 2.36. The number of rotatable bonds is 4. The summed E-state index contributed by atoms with van der Waals surface area (Å²) < 4.78 is 16.8. The molecule has 6 heteroatoms. The first-order valence-corrected chi connectivity index (χ1v) is 9.14. The number of ether oxygens (including phenoxy) is 3. The molecule has 2 aromatic rings. The van der Waals surface area contributed by atoms with Gasteiger partial charge in [0.2, 0.25) is 6.23 Å². The molecule has 4 rings (SSSR count). The van der Waals surface area contributed by atoms with E-state index in [0.717, 1.165) is 5.56 Å². The lowest BCUT2D eigenvalue weighted by Gasteiger charge is -2.29. The van der Waals surface area contributed by atoms with Gasteiger partial charge in [-0.2, -0.15) is 0 Å². The van der Waals surface area contributed by atoms with Crippen LogP contribution in [0, 0.1) is 0 Å². The van der Waals surface area contributed by atoms with Crippen LogP contribution in [0.4, 0.5) is 0 Å². The van der Waals surface area contributed by atoms with Gasteiger partial charge in [-0.1, -0.05) is 26.0 Å². The second kappa shape index (κ2) is 7.03. The third-order valence-electron chi connectivity index (χ3n) is 4.91. The molecule has 0 fully saturated rings. The van der Waals surface area contributed by atoms with Crippen LogP contribution < -0.4 is 19.5 Å². The van der Waals surface area contributed by atoms with E-state index in [1.54, 1.807) is 20.3 Å². The molecule has 144 valence electrons. The first kappa shape index (κ1) is 18.1. The fourth-order valence-corrected chi connectivity index (χ4v) is 3.38. The topological polar surface area (TPSA) is 69.2 Å². The van der Waals surface area contributed by atoms with Crippen LogP contribution in [0.1, 0.15) is 36.5 Å². The van der Waals surface area contributed by atoms with Gasteiger partial charge in [-0.05, 0) is 41.8 Å². The minimum absolute atomic E-state index is 0.236. The van der Waals surface area contributed by atoms with Crippen molar-refractivity contribution in [2.24, 2.45) is 4.99 Å². The molecule has 1 N–H and O–H groups in total. The molecule has 1 atom stereocenters. The van der Waals surface area contributed by atoms with E-state index in [9.17, 15) is 4.79 Å². The van der Waals surface area contributed by atoms with Crippen molar-refractivity contribution in [1.29, 1.82) is 0 Å². The third kappa shape index (κ3) is 3.01. The number of para-hydroxylation sites is 1. The number of fused-ring (bicyclic) bond motifs is 2. The maximum Gasteiger partial charge on any atom is 0.258 e. The summed E-state index contributed by atoms with van der Waals surface area (Å²) in [7, 11) is 3.12. The van der Waals surface area contributed by atoms with Crippen molar-refractivity contribution >= 4 is 17.8 Å². The Bertz CT molecular complexity index is 1010. The molecule has 0 bridgehead atoms. The van der Waals surface area contributed by atoms with E-state index in [2.05, 4.69) is 30.2 Å². The highest BCUT2D eigenvalue weighted by molar-refractivity contribution is 6.17. The second-order valence-corrected chi connectivity index (χ2v) is 6.99. The number of methoxy groups -OCH3 is 2. The molecule has 1 amide bonds. The number of hydrogen-bond donors (Lipinski definition) is 1. The standard InChI is InChI=1S/C22H22N2O4/c1-12(2)13-8-9-17-14(10-13)11-16-21(25)23-20(24-22(16)28-17)15-6-5-7-18(26-3)19(15)27-4/h5-12,22H,1-4H3,(H,23,24,25). The summed E-state index contributed by atoms with van der Waals surface area (Å²) in [6, 6.07) is 11.5. The molecule has 0 radical (unpaired) electrons. The number of benzene rings is 2. The highest BCUT2D eigenvalue weighted by Gasteiger charge is 2.33. The normalized spacial score (nSPS) is 17.6. The smallest absolute Gasteiger partial charge is 0.258 e. The van der Waals surface area contributed by atoms with E-state index < -0.39 is 6.23 Å². The Morgan fingerprint density at radius 3 is 2.68 bits per heavy atom. The Labute approximate surface area is 163 Å². The largest absolute Gasteiger partial charge is 0.493 e. The van der Waals surface area contributed by atoms with Crippen molar-refractivity contribution in [2.75, 3.05) is 14.2 Å². The van der Waals surface area contributed by atoms with Crippen LogP contribution in [0.5, 0.6) is 17.2 Å². The average molecular weight is 378 g/mol. The van der Waals surface area contributed by atoms with Gasteiger partial charge in [0.05, 0.1) is 25.4 Å². The molecule has 0 spiro atoms. The third-order valence-corrected chi connectivity index (χ3v) is 4.91. The lowest BCUT2D eigenvalue weighted by atomic mass is 9.97. The van der Waals surface area contributed by atoms with E-state index in [0.29, 0.717) is 40.1 Å². The molecule has 0 aromatic heterocycles. The van der Waals surface area contributed by atoms with Crippen LogP contribution in [0.15, 0.2) is 47.0 Å². The zero-order valence-corrected chi connectivity index (χ0v) is 16.3. The van der Waals surface area contributed by atoms with Crippen LogP contribution >= 0.6 is 0 Å². The number of aliphatic imine (C=N–C) groups is 1. The molecular weight excluding hydrogens is 356 g/mol. The van der Waals surface area contributed by atoms with Gasteiger partial charge in [-0.3, -0.25) is 4.79 Å². The summed E-state index contributed by atoms with van der Waals surface area (Å²) in [6.45, 7) is 4.26. The highest BCUT2D eigenvalue weighted by atomic mass is 16.5. The van der Waals surface area contributed by atoms with Crippen LogP contribution in [-0.2, 0) is 4.79 Å². The maximum atomic E-state index is 12.8. The fourth-order valence-electron chi connectivity index (χ4n) is 3.38. The Morgan fingerprint density at radius 2 is 1.96 bits per heavy atom. The molecule has 28 heavy (non-hydrogen) atoms. The van der Waals surface area contributed by atoms with Gasteiger partial charge in [0, 0.05) is 5.56 Å². The number of carbonyl (C=O) groups is 1. The quantitative estimate of drug-likeness (QED) is 0.884. The Morgan fingerprint density at radius 1 is 1.14 bits per heavy atom.